The van der Waals surface area contributed by atoms with Crippen molar-refractivity contribution in [3.05, 3.63) is 33.9 Å². The van der Waals surface area contributed by atoms with Crippen LogP contribution in [0.4, 0.5) is 4.79 Å². The maximum atomic E-state index is 13.6. The van der Waals surface area contributed by atoms with Crippen molar-refractivity contribution < 1.29 is 53.5 Å². The molecule has 0 aromatic heterocycles. The van der Waals surface area contributed by atoms with Crippen LogP contribution in [0.3, 0.4) is 0 Å². The first-order chi connectivity index (χ1) is 21.0. The largest absolute Gasteiger partial charge is 0.508 e. The number of esters is 1. The number of carbonyl (C=O) groups excluding carboxylic acids is 4. The third-order valence-corrected chi connectivity index (χ3v) is 11.6. The normalized spacial score (nSPS) is 37.3. The van der Waals surface area contributed by atoms with E-state index in [1.54, 1.807) is 26.0 Å². The second-order valence-electron chi connectivity index (χ2n) is 13.0. The second kappa shape index (κ2) is 13.0. The number of aliphatic hydroxyl groups is 2. The molecule has 4 aliphatic rings. The molecule has 0 radical (unpaired) electrons. The predicted octanol–water partition coefficient (Wildman–Crippen LogP) is 2.18. The van der Waals surface area contributed by atoms with E-state index in [-0.39, 0.29) is 50.1 Å². The first-order valence-corrected chi connectivity index (χ1v) is 15.5. The quantitative estimate of drug-likeness (QED) is 0.0904. The van der Waals surface area contributed by atoms with Crippen molar-refractivity contribution in [1.82, 2.24) is 0 Å². The molecule has 0 bridgehead atoms. The Morgan fingerprint density at radius 1 is 1.18 bits per heavy atom. The minimum absolute atomic E-state index is 0.0130. The number of allylic oxidation sites excluding steroid dienone is 4. The monoisotopic (exact) mass is 656 g/mol. The molecule has 14 nitrogen and oxygen atoms in total. The zero-order valence-electron chi connectivity index (χ0n) is 25.6. The van der Waals surface area contributed by atoms with Crippen molar-refractivity contribution in [1.29, 1.82) is 0 Å². The Balaban J connectivity index is 1.34. The summed E-state index contributed by atoms with van der Waals surface area (Å²) in [6.45, 7) is 3.81. The van der Waals surface area contributed by atoms with E-state index in [1.807, 2.05) is 6.92 Å². The van der Waals surface area contributed by atoms with E-state index < -0.39 is 75.6 Å². The number of fused-ring (bicyclic) bond motifs is 5. The van der Waals surface area contributed by atoms with Gasteiger partial charge in [0.2, 0.25) is 5.78 Å². The Hall–Kier alpha value is -3.07. The molecular weight excluding hydrogens is 616 g/mol. The van der Waals surface area contributed by atoms with Crippen LogP contribution in [0.2, 0.25) is 0 Å². The van der Waals surface area contributed by atoms with Crippen molar-refractivity contribution in [3.63, 3.8) is 0 Å². The summed E-state index contributed by atoms with van der Waals surface area (Å²) in [6, 6.07) is -1.34. The van der Waals surface area contributed by atoms with Crippen LogP contribution in [0.5, 0.6) is 0 Å². The Bertz CT molecular complexity index is 1290. The van der Waals surface area contributed by atoms with Gasteiger partial charge >= 0.3 is 12.1 Å². The van der Waals surface area contributed by atoms with Crippen LogP contribution in [0, 0.1) is 38.7 Å². The molecule has 4 aliphatic carbocycles. The molecule has 3 unspecified atom stereocenters. The van der Waals surface area contributed by atoms with Crippen LogP contribution in [-0.4, -0.2) is 88.0 Å². The molecule has 45 heavy (non-hydrogen) atoms. The second-order valence-corrected chi connectivity index (χ2v) is 13.6. The zero-order chi connectivity index (χ0) is 33.4. The van der Waals surface area contributed by atoms with Gasteiger partial charge in [0.25, 0.3) is 5.09 Å². The summed E-state index contributed by atoms with van der Waals surface area (Å²) >= 11 is 7.41. The molecule has 4 N–H and O–H groups in total. The molecule has 15 heteroatoms. The van der Waals surface area contributed by atoms with Crippen molar-refractivity contribution in [2.24, 2.45) is 34.3 Å². The molecule has 250 valence electrons. The van der Waals surface area contributed by atoms with Gasteiger partial charge in [0.1, 0.15) is 18.2 Å². The average molecular weight is 657 g/mol. The van der Waals surface area contributed by atoms with Crippen molar-refractivity contribution in [3.8, 4) is 0 Å². The maximum Gasteiger partial charge on any atom is 0.508 e. The molecular formula is C30H41ClN2O12. The lowest BCUT2D eigenvalue weighted by molar-refractivity contribution is -0.757. The number of Topliss-reactive ketones (excluding diaryl/α,β-unsaturated/α-hetero) is 1. The van der Waals surface area contributed by atoms with Gasteiger partial charge in [-0.3, -0.25) is 14.4 Å². The summed E-state index contributed by atoms with van der Waals surface area (Å²) in [5.41, 5.74) is 2.72. The summed E-state index contributed by atoms with van der Waals surface area (Å²) < 4.78 is 14.8. The zero-order valence-corrected chi connectivity index (χ0v) is 26.3. The van der Waals surface area contributed by atoms with Crippen LogP contribution in [0.1, 0.15) is 59.3 Å². The van der Waals surface area contributed by atoms with E-state index >= 15 is 0 Å². The topological polar surface area (TPSA) is 215 Å². The summed E-state index contributed by atoms with van der Waals surface area (Å²) in [5.74, 6) is -2.82. The Kier molecular flexibility index (Phi) is 10.0. The number of ether oxygens (including phenoxy) is 3. The van der Waals surface area contributed by atoms with Gasteiger partial charge in [-0.25, -0.2) is 4.79 Å². The van der Waals surface area contributed by atoms with Crippen LogP contribution in [-0.2, 0) is 33.4 Å². The van der Waals surface area contributed by atoms with Crippen LogP contribution in [0.15, 0.2) is 23.8 Å². The van der Waals surface area contributed by atoms with E-state index in [2.05, 4.69) is 4.84 Å². The van der Waals surface area contributed by atoms with Crippen molar-refractivity contribution in [2.75, 3.05) is 26.4 Å². The first kappa shape index (κ1) is 34.8. The lowest BCUT2D eigenvalue weighted by Gasteiger charge is -2.63. The number of rotatable bonds is 12. The minimum Gasteiger partial charge on any atom is -0.464 e. The number of halogens is 1. The smallest absolute Gasteiger partial charge is 0.464 e. The standard InChI is InChI=1S/C30H41ClN2O12/c1-17-12-21-20-7-6-18-13-19(34)8-9-27(18,2)29(20,31)23(35)14-28(21,3)30(17,39)24(36)16-44-26(38)43-15-22(32)25(37)42-10-4-5-11-45-33(40)41/h8-9,13,17,20-23,35,39H,4-7,10-12,14-16,32H2,1-3H3/t17-,20?,21?,22?,23-,27-,28-,29-,30-/m0/s1. The fourth-order valence-electron chi connectivity index (χ4n) is 8.27. The van der Waals surface area contributed by atoms with Crippen LogP contribution < -0.4 is 5.73 Å². The number of nitrogens with zero attached hydrogens (tertiary/aromatic N) is 1. The number of hydrogen-bond donors (Lipinski definition) is 3. The fourth-order valence-corrected chi connectivity index (χ4v) is 8.79. The number of carbonyl (C=O) groups is 4. The van der Waals surface area contributed by atoms with Gasteiger partial charge in [0, 0.05) is 10.8 Å². The number of unbranched alkanes of at least 4 members (excludes halogenated alkanes) is 1. The van der Waals surface area contributed by atoms with Gasteiger partial charge in [0.15, 0.2) is 12.4 Å². The molecule has 3 fully saturated rings. The first-order valence-electron chi connectivity index (χ1n) is 15.1. The fraction of sp³-hybridized carbons (Fsp3) is 0.733. The highest BCUT2D eigenvalue weighted by atomic mass is 35.5. The Labute approximate surface area is 265 Å². The number of ketones is 2. The summed E-state index contributed by atoms with van der Waals surface area (Å²) in [4.78, 5) is 63.0. The molecule has 0 aromatic rings. The number of hydrogen-bond acceptors (Lipinski definition) is 13. The number of nitrogens with two attached hydrogens (primary N) is 1. The van der Waals surface area contributed by atoms with E-state index in [1.165, 1.54) is 6.08 Å². The van der Waals surface area contributed by atoms with Gasteiger partial charge < -0.3 is 35.0 Å². The number of alkyl halides is 1. The maximum absolute atomic E-state index is 13.6. The van der Waals surface area contributed by atoms with Gasteiger partial charge in [-0.2, -0.15) is 0 Å². The lowest BCUT2D eigenvalue weighted by Crippen LogP contribution is -2.69. The highest BCUT2D eigenvalue weighted by Crippen LogP contribution is 2.71. The molecule has 0 saturated heterocycles. The van der Waals surface area contributed by atoms with Crippen molar-refractivity contribution >= 4 is 35.3 Å². The van der Waals surface area contributed by atoms with Gasteiger partial charge in [-0.05, 0) is 68.4 Å². The molecule has 0 aromatic carbocycles. The Morgan fingerprint density at radius 2 is 1.87 bits per heavy atom. The third-order valence-electron chi connectivity index (χ3n) is 10.6. The van der Waals surface area contributed by atoms with Gasteiger partial charge in [-0.15, -0.1) is 21.7 Å². The minimum atomic E-state index is -1.95. The molecule has 9 atom stereocenters. The average Bonchev–Trinajstić information content (AvgIpc) is 3.18. The highest BCUT2D eigenvalue weighted by Gasteiger charge is 2.74. The summed E-state index contributed by atoms with van der Waals surface area (Å²) in [5, 5.41) is 32.9. The van der Waals surface area contributed by atoms with Gasteiger partial charge in [0.05, 0.1) is 24.2 Å². The molecule has 0 heterocycles. The SMILES string of the molecule is C[C@H]1CC2C3CCC4=CC(=O)C=C[C@]4(C)[C@@]3(Cl)[C@@H](O)C[C@]2(C)[C@@]1(O)C(=O)COC(=O)OCC(N)C(=O)OCCCCO[N+](=O)[O-]. The Morgan fingerprint density at radius 3 is 2.56 bits per heavy atom. The summed E-state index contributed by atoms with van der Waals surface area (Å²) in [7, 11) is 0. The molecule has 0 aliphatic heterocycles. The van der Waals surface area contributed by atoms with Crippen LogP contribution >= 0.6 is 11.6 Å². The van der Waals surface area contributed by atoms with E-state index in [0.717, 1.165) is 5.57 Å². The van der Waals surface area contributed by atoms with Crippen LogP contribution in [0.25, 0.3) is 0 Å². The molecule has 3 saturated carbocycles. The van der Waals surface area contributed by atoms with E-state index in [4.69, 9.17) is 31.5 Å². The van der Waals surface area contributed by atoms with Crippen molar-refractivity contribution in [2.45, 2.75) is 81.9 Å². The molecule has 0 amide bonds. The number of aliphatic hydroxyl groups excluding tert-OH is 1. The van der Waals surface area contributed by atoms with E-state index in [9.17, 15) is 39.5 Å². The lowest BCUT2D eigenvalue weighted by atomic mass is 9.45. The van der Waals surface area contributed by atoms with E-state index in [0.29, 0.717) is 19.3 Å². The molecule has 4 rings (SSSR count). The van der Waals surface area contributed by atoms with Gasteiger partial charge in [-0.1, -0.05) is 32.4 Å². The predicted molar refractivity (Wildman–Crippen MR) is 156 cm³/mol. The molecule has 0 spiro atoms. The highest BCUT2D eigenvalue weighted by molar-refractivity contribution is 6.26. The third kappa shape index (κ3) is 5.97. The summed E-state index contributed by atoms with van der Waals surface area (Å²) in [6.07, 6.45) is 4.62.